The van der Waals surface area contributed by atoms with Crippen molar-refractivity contribution in [2.75, 3.05) is 0 Å². The van der Waals surface area contributed by atoms with Gasteiger partial charge in [0.15, 0.2) is 0 Å². The van der Waals surface area contributed by atoms with E-state index in [2.05, 4.69) is 20.8 Å². The highest BCUT2D eigenvalue weighted by Crippen LogP contribution is 2.44. The van der Waals surface area contributed by atoms with Crippen LogP contribution in [0.25, 0.3) is 0 Å². The van der Waals surface area contributed by atoms with Crippen molar-refractivity contribution < 1.29 is 8.78 Å². The van der Waals surface area contributed by atoms with E-state index >= 15 is 0 Å². The maximum absolute atomic E-state index is 13.0. The number of hydrogen-bond acceptors (Lipinski definition) is 0. The van der Waals surface area contributed by atoms with Crippen molar-refractivity contribution in [1.82, 2.24) is 0 Å². The first-order valence-corrected chi connectivity index (χ1v) is 5.59. The summed E-state index contributed by atoms with van der Waals surface area (Å²) in [4.78, 5) is 0. The molecule has 0 aliphatic heterocycles. The number of alkyl halides is 2. The predicted molar refractivity (Wildman–Crippen MR) is 55.5 cm³/mol. The molecular weight excluding hydrogens is 182 g/mol. The Hall–Kier alpha value is -0.140. The molecule has 0 radical (unpaired) electrons. The summed E-state index contributed by atoms with van der Waals surface area (Å²) in [7, 11) is 0. The highest BCUT2D eigenvalue weighted by Gasteiger charge is 2.39. The van der Waals surface area contributed by atoms with Crippen LogP contribution >= 0.6 is 0 Å². The van der Waals surface area contributed by atoms with Crippen molar-refractivity contribution in [3.63, 3.8) is 0 Å². The molecule has 2 heteroatoms. The number of halogens is 2. The molecule has 0 spiro atoms. The molecule has 0 aromatic carbocycles. The van der Waals surface area contributed by atoms with E-state index < -0.39 is 5.92 Å². The molecule has 0 heterocycles. The quantitative estimate of drug-likeness (QED) is 0.590. The first kappa shape index (κ1) is 11.9. The standard InChI is InChI=1S/C12H22F2/c1-11(2,3)9-5-7-10(8-6-9)12(4,13)14/h9-10H,5-8H2,1-4H3. The van der Waals surface area contributed by atoms with Gasteiger partial charge < -0.3 is 0 Å². The van der Waals surface area contributed by atoms with Crippen molar-refractivity contribution in [3.8, 4) is 0 Å². The maximum Gasteiger partial charge on any atom is 0.248 e. The molecule has 0 aromatic heterocycles. The summed E-state index contributed by atoms with van der Waals surface area (Å²) in [6.45, 7) is 7.70. The molecule has 0 N–H and O–H groups in total. The third-order valence-corrected chi connectivity index (χ3v) is 3.67. The molecule has 1 aliphatic carbocycles. The second kappa shape index (κ2) is 3.79. The van der Waals surface area contributed by atoms with Gasteiger partial charge in [-0.3, -0.25) is 0 Å². The zero-order valence-electron chi connectivity index (χ0n) is 9.74. The molecule has 0 aromatic rings. The van der Waals surface area contributed by atoms with Crippen LogP contribution in [0.5, 0.6) is 0 Å². The fourth-order valence-electron chi connectivity index (χ4n) is 2.47. The minimum atomic E-state index is -2.47. The Balaban J connectivity index is 2.47. The molecular formula is C12H22F2. The van der Waals surface area contributed by atoms with Crippen molar-refractivity contribution in [2.24, 2.45) is 17.3 Å². The van der Waals surface area contributed by atoms with Crippen LogP contribution in [0, 0.1) is 17.3 Å². The van der Waals surface area contributed by atoms with Crippen LogP contribution < -0.4 is 0 Å². The van der Waals surface area contributed by atoms with Crippen molar-refractivity contribution in [3.05, 3.63) is 0 Å². The van der Waals surface area contributed by atoms with E-state index in [1.54, 1.807) is 0 Å². The van der Waals surface area contributed by atoms with Crippen LogP contribution in [0.15, 0.2) is 0 Å². The van der Waals surface area contributed by atoms with E-state index in [4.69, 9.17) is 0 Å². The smallest absolute Gasteiger partial charge is 0.207 e. The van der Waals surface area contributed by atoms with E-state index in [-0.39, 0.29) is 11.3 Å². The van der Waals surface area contributed by atoms with Crippen molar-refractivity contribution in [2.45, 2.75) is 59.3 Å². The highest BCUT2D eigenvalue weighted by atomic mass is 19.3. The van der Waals surface area contributed by atoms with E-state index in [1.807, 2.05) is 0 Å². The Morgan fingerprint density at radius 1 is 0.786 bits per heavy atom. The lowest BCUT2D eigenvalue weighted by Gasteiger charge is -2.38. The maximum atomic E-state index is 13.0. The number of rotatable bonds is 1. The van der Waals surface area contributed by atoms with Crippen LogP contribution in [0.2, 0.25) is 0 Å². The Morgan fingerprint density at radius 2 is 1.14 bits per heavy atom. The summed E-state index contributed by atoms with van der Waals surface area (Å²) in [5.41, 5.74) is 0.286. The topological polar surface area (TPSA) is 0 Å². The Labute approximate surface area is 86.1 Å². The SMILES string of the molecule is CC(C)(C)C1CCC(C(C)(F)F)CC1. The Bertz CT molecular complexity index is 155. The molecule has 0 bridgehead atoms. The summed E-state index contributed by atoms with van der Waals surface area (Å²) in [5, 5.41) is 0. The van der Waals surface area contributed by atoms with Crippen molar-refractivity contribution in [1.29, 1.82) is 0 Å². The van der Waals surface area contributed by atoms with Crippen LogP contribution in [-0.4, -0.2) is 5.92 Å². The van der Waals surface area contributed by atoms with Gasteiger partial charge in [-0.05, 0) is 43.9 Å². The van der Waals surface area contributed by atoms with Gasteiger partial charge >= 0.3 is 0 Å². The van der Waals surface area contributed by atoms with Gasteiger partial charge in [-0.15, -0.1) is 0 Å². The van der Waals surface area contributed by atoms with E-state index in [0.717, 1.165) is 19.8 Å². The molecule has 0 atom stereocenters. The third kappa shape index (κ3) is 2.93. The molecule has 1 fully saturated rings. The van der Waals surface area contributed by atoms with Gasteiger partial charge in [0, 0.05) is 5.92 Å². The van der Waals surface area contributed by atoms with Crippen LogP contribution in [0.3, 0.4) is 0 Å². The summed E-state index contributed by atoms with van der Waals surface area (Å²) >= 11 is 0. The van der Waals surface area contributed by atoms with E-state index in [0.29, 0.717) is 18.8 Å². The Kier molecular flexibility index (Phi) is 3.23. The highest BCUT2D eigenvalue weighted by molar-refractivity contribution is 4.84. The van der Waals surface area contributed by atoms with Gasteiger partial charge in [0.1, 0.15) is 0 Å². The van der Waals surface area contributed by atoms with Gasteiger partial charge in [0.05, 0.1) is 0 Å². The molecule has 1 saturated carbocycles. The second-order valence-electron chi connectivity index (χ2n) is 5.87. The minimum Gasteiger partial charge on any atom is -0.207 e. The summed E-state index contributed by atoms with van der Waals surface area (Å²) in [5.74, 6) is -2.22. The monoisotopic (exact) mass is 204 g/mol. The van der Waals surface area contributed by atoms with Gasteiger partial charge in [-0.25, -0.2) is 8.78 Å². The molecule has 1 rings (SSSR count). The normalized spacial score (nSPS) is 30.4. The fourth-order valence-corrected chi connectivity index (χ4v) is 2.47. The molecule has 0 saturated heterocycles. The predicted octanol–water partition coefficient (Wildman–Crippen LogP) is 4.49. The van der Waals surface area contributed by atoms with Gasteiger partial charge in [-0.2, -0.15) is 0 Å². The second-order valence-corrected chi connectivity index (χ2v) is 5.87. The first-order chi connectivity index (χ1) is 6.21. The zero-order valence-corrected chi connectivity index (χ0v) is 9.74. The summed E-state index contributed by atoms with van der Waals surface area (Å²) < 4.78 is 26.1. The van der Waals surface area contributed by atoms with Crippen molar-refractivity contribution >= 4 is 0 Å². The number of hydrogen-bond donors (Lipinski definition) is 0. The molecule has 0 nitrogen and oxygen atoms in total. The molecule has 0 unspecified atom stereocenters. The summed E-state index contributed by atoms with van der Waals surface area (Å²) in [6.07, 6.45) is 3.34. The molecule has 14 heavy (non-hydrogen) atoms. The lowest BCUT2D eigenvalue weighted by Crippen LogP contribution is -2.32. The summed E-state index contributed by atoms with van der Waals surface area (Å²) in [6, 6.07) is 0. The van der Waals surface area contributed by atoms with Gasteiger partial charge in [0.2, 0.25) is 5.92 Å². The van der Waals surface area contributed by atoms with Gasteiger partial charge in [0.25, 0.3) is 0 Å². The van der Waals surface area contributed by atoms with Crippen LogP contribution in [0.1, 0.15) is 53.4 Å². The lowest BCUT2D eigenvalue weighted by atomic mass is 9.69. The molecule has 0 amide bonds. The first-order valence-electron chi connectivity index (χ1n) is 5.59. The average molecular weight is 204 g/mol. The Morgan fingerprint density at radius 3 is 1.43 bits per heavy atom. The van der Waals surface area contributed by atoms with Crippen LogP contribution in [0.4, 0.5) is 8.78 Å². The third-order valence-electron chi connectivity index (χ3n) is 3.67. The molecule has 84 valence electrons. The zero-order chi connectivity index (χ0) is 11.0. The largest absolute Gasteiger partial charge is 0.248 e. The van der Waals surface area contributed by atoms with E-state index in [1.165, 1.54) is 0 Å². The van der Waals surface area contributed by atoms with Gasteiger partial charge in [-0.1, -0.05) is 20.8 Å². The minimum absolute atomic E-state index is 0.286. The molecule has 1 aliphatic rings. The lowest BCUT2D eigenvalue weighted by molar-refractivity contribution is -0.0635. The van der Waals surface area contributed by atoms with E-state index in [9.17, 15) is 8.78 Å². The average Bonchev–Trinajstić information content (AvgIpc) is 2.01. The van der Waals surface area contributed by atoms with Crippen LogP contribution in [-0.2, 0) is 0 Å². The fraction of sp³-hybridized carbons (Fsp3) is 1.00.